The zero-order valence-electron chi connectivity index (χ0n) is 18.8. The average Bonchev–Trinajstić information content (AvgIpc) is 2.85. The molecule has 0 radical (unpaired) electrons. The minimum Gasteiger partial charge on any atom is -0.449 e. The Morgan fingerprint density at radius 3 is 2.38 bits per heavy atom. The van der Waals surface area contributed by atoms with E-state index in [1.807, 2.05) is 48.5 Å². The average molecular weight is 457 g/mol. The molecule has 5 nitrogen and oxygen atoms in total. The third kappa shape index (κ3) is 5.78. The van der Waals surface area contributed by atoms with E-state index in [9.17, 15) is 14.0 Å². The summed E-state index contributed by atoms with van der Waals surface area (Å²) < 4.78 is 18.5. The molecule has 172 valence electrons. The summed E-state index contributed by atoms with van der Waals surface area (Å²) in [6, 6.07) is 26.8. The minimum absolute atomic E-state index is 0.274. The normalized spacial score (nSPS) is 11.6. The number of nitrogens with one attached hydrogen (secondary N) is 2. The number of hydrogen-bond donors (Lipinski definition) is 2. The van der Waals surface area contributed by atoms with E-state index < -0.39 is 18.0 Å². The Morgan fingerprint density at radius 1 is 0.882 bits per heavy atom. The van der Waals surface area contributed by atoms with E-state index in [2.05, 4.69) is 10.6 Å². The van der Waals surface area contributed by atoms with Crippen molar-refractivity contribution in [3.8, 4) is 0 Å². The first-order valence-corrected chi connectivity index (χ1v) is 11.1. The third-order valence-electron chi connectivity index (χ3n) is 5.46. The van der Waals surface area contributed by atoms with Crippen LogP contribution in [0.1, 0.15) is 22.8 Å². The molecule has 0 saturated heterocycles. The number of carbonyl (C=O) groups is 2. The highest BCUT2D eigenvalue weighted by Gasteiger charge is 2.21. The van der Waals surface area contributed by atoms with Gasteiger partial charge in [0.05, 0.1) is 5.56 Å². The lowest BCUT2D eigenvalue weighted by Gasteiger charge is -2.16. The predicted octanol–water partition coefficient (Wildman–Crippen LogP) is 5.82. The Labute approximate surface area is 197 Å². The van der Waals surface area contributed by atoms with E-state index in [1.54, 1.807) is 37.3 Å². The Kier molecular flexibility index (Phi) is 7.18. The standard InChI is InChI=1S/C28H25FN2O3/c1-19(27(32)31-24-15-12-21-6-2-3-7-22(21)18-24)34-28(33)25-8-4-5-9-26(25)30-17-16-20-10-13-23(29)14-11-20/h2-15,18-19,30H,16-17H2,1H3,(H,31,32)/t19-/m1/s1. The zero-order chi connectivity index (χ0) is 23.9. The van der Waals surface area contributed by atoms with Crippen molar-refractivity contribution in [3.63, 3.8) is 0 Å². The molecule has 34 heavy (non-hydrogen) atoms. The largest absolute Gasteiger partial charge is 0.449 e. The molecule has 1 atom stereocenters. The number of amides is 1. The maximum atomic E-state index is 13.1. The summed E-state index contributed by atoms with van der Waals surface area (Å²) in [6.45, 7) is 2.09. The molecule has 0 heterocycles. The molecule has 0 aliphatic heterocycles. The van der Waals surface area contributed by atoms with E-state index in [0.29, 0.717) is 29.9 Å². The second kappa shape index (κ2) is 10.6. The Hall–Kier alpha value is -4.19. The van der Waals surface area contributed by atoms with Crippen LogP contribution in [0.15, 0.2) is 91.0 Å². The number of hydrogen-bond acceptors (Lipinski definition) is 4. The number of rotatable bonds is 8. The van der Waals surface area contributed by atoms with Gasteiger partial charge in [-0.15, -0.1) is 0 Å². The second-order valence-electron chi connectivity index (χ2n) is 7.95. The molecular weight excluding hydrogens is 431 g/mol. The molecule has 4 rings (SSSR count). The van der Waals surface area contributed by atoms with E-state index in [-0.39, 0.29) is 5.82 Å². The van der Waals surface area contributed by atoms with Crippen molar-refractivity contribution in [2.75, 3.05) is 17.2 Å². The molecule has 0 bridgehead atoms. The maximum absolute atomic E-state index is 13.1. The van der Waals surface area contributed by atoms with Crippen LogP contribution in [0, 0.1) is 5.82 Å². The molecule has 6 heteroatoms. The molecule has 0 aliphatic rings. The minimum atomic E-state index is -0.980. The number of esters is 1. The SMILES string of the molecule is C[C@@H](OC(=O)c1ccccc1NCCc1ccc(F)cc1)C(=O)Nc1ccc2ccccc2c1. The van der Waals surface area contributed by atoms with E-state index in [0.717, 1.165) is 16.3 Å². The third-order valence-corrected chi connectivity index (χ3v) is 5.46. The van der Waals surface area contributed by atoms with Crippen LogP contribution in [0.25, 0.3) is 10.8 Å². The molecule has 0 fully saturated rings. The topological polar surface area (TPSA) is 67.4 Å². The molecule has 0 aliphatic carbocycles. The number of para-hydroxylation sites is 1. The van der Waals surface area contributed by atoms with Crippen LogP contribution in [0.3, 0.4) is 0 Å². The van der Waals surface area contributed by atoms with Crippen LogP contribution in [-0.4, -0.2) is 24.5 Å². The van der Waals surface area contributed by atoms with Crippen molar-refractivity contribution in [1.29, 1.82) is 0 Å². The Morgan fingerprint density at radius 2 is 1.59 bits per heavy atom. The number of benzene rings is 4. The van der Waals surface area contributed by atoms with Crippen LogP contribution < -0.4 is 10.6 Å². The summed E-state index contributed by atoms with van der Waals surface area (Å²) >= 11 is 0. The van der Waals surface area contributed by atoms with Gasteiger partial charge in [-0.05, 0) is 66.1 Å². The summed E-state index contributed by atoms with van der Waals surface area (Å²) in [5.74, 6) is -1.28. The zero-order valence-corrected chi connectivity index (χ0v) is 18.8. The fourth-order valence-corrected chi connectivity index (χ4v) is 3.60. The van der Waals surface area contributed by atoms with Crippen molar-refractivity contribution in [2.24, 2.45) is 0 Å². The molecule has 0 saturated carbocycles. The summed E-state index contributed by atoms with van der Waals surface area (Å²) in [7, 11) is 0. The fourth-order valence-electron chi connectivity index (χ4n) is 3.60. The Balaban J connectivity index is 1.35. The van der Waals surface area contributed by atoms with Gasteiger partial charge in [-0.1, -0.05) is 54.6 Å². The number of ether oxygens (including phenoxy) is 1. The maximum Gasteiger partial charge on any atom is 0.341 e. The van der Waals surface area contributed by atoms with Gasteiger partial charge >= 0.3 is 5.97 Å². The van der Waals surface area contributed by atoms with Crippen molar-refractivity contribution < 1.29 is 18.7 Å². The fraction of sp³-hybridized carbons (Fsp3) is 0.143. The van der Waals surface area contributed by atoms with Gasteiger partial charge in [-0.2, -0.15) is 0 Å². The van der Waals surface area contributed by atoms with Crippen molar-refractivity contribution >= 4 is 34.0 Å². The molecule has 0 aromatic heterocycles. The summed E-state index contributed by atoms with van der Waals surface area (Å²) in [5.41, 5.74) is 2.56. The first-order valence-electron chi connectivity index (χ1n) is 11.1. The van der Waals surface area contributed by atoms with Gasteiger partial charge in [-0.3, -0.25) is 4.79 Å². The quantitative estimate of drug-likeness (QED) is 0.328. The molecule has 2 N–H and O–H groups in total. The molecule has 0 spiro atoms. The van der Waals surface area contributed by atoms with Gasteiger partial charge in [0.1, 0.15) is 5.82 Å². The van der Waals surface area contributed by atoms with E-state index >= 15 is 0 Å². The highest BCUT2D eigenvalue weighted by atomic mass is 19.1. The number of halogens is 1. The first kappa shape index (κ1) is 23.0. The van der Waals surface area contributed by atoms with Gasteiger partial charge in [0.25, 0.3) is 5.91 Å². The van der Waals surface area contributed by atoms with Gasteiger partial charge in [0, 0.05) is 17.9 Å². The van der Waals surface area contributed by atoms with Gasteiger partial charge < -0.3 is 15.4 Å². The first-order chi connectivity index (χ1) is 16.5. The highest BCUT2D eigenvalue weighted by molar-refractivity contribution is 6.00. The second-order valence-corrected chi connectivity index (χ2v) is 7.95. The molecule has 4 aromatic rings. The summed E-state index contributed by atoms with van der Waals surface area (Å²) in [4.78, 5) is 25.4. The van der Waals surface area contributed by atoms with Crippen LogP contribution >= 0.6 is 0 Å². The van der Waals surface area contributed by atoms with Crippen molar-refractivity contribution in [1.82, 2.24) is 0 Å². The molecule has 4 aromatic carbocycles. The number of carbonyl (C=O) groups excluding carboxylic acids is 2. The molecular formula is C28H25FN2O3. The monoisotopic (exact) mass is 456 g/mol. The van der Waals surface area contributed by atoms with Crippen LogP contribution in [0.5, 0.6) is 0 Å². The lowest BCUT2D eigenvalue weighted by molar-refractivity contribution is -0.123. The van der Waals surface area contributed by atoms with Gasteiger partial charge in [0.15, 0.2) is 6.10 Å². The van der Waals surface area contributed by atoms with Gasteiger partial charge in [0.2, 0.25) is 0 Å². The lowest BCUT2D eigenvalue weighted by atomic mass is 10.1. The smallest absolute Gasteiger partial charge is 0.341 e. The molecule has 0 unspecified atom stereocenters. The van der Waals surface area contributed by atoms with E-state index in [1.165, 1.54) is 12.1 Å². The summed E-state index contributed by atoms with van der Waals surface area (Å²) in [5, 5.41) is 8.10. The highest BCUT2D eigenvalue weighted by Crippen LogP contribution is 2.20. The predicted molar refractivity (Wildman–Crippen MR) is 132 cm³/mol. The summed E-state index contributed by atoms with van der Waals surface area (Å²) in [6.07, 6.45) is -0.319. The Bertz CT molecular complexity index is 1300. The van der Waals surface area contributed by atoms with Gasteiger partial charge in [-0.25, -0.2) is 9.18 Å². The van der Waals surface area contributed by atoms with E-state index in [4.69, 9.17) is 4.74 Å². The van der Waals surface area contributed by atoms with Crippen molar-refractivity contribution in [3.05, 3.63) is 108 Å². The lowest BCUT2D eigenvalue weighted by Crippen LogP contribution is -2.30. The van der Waals surface area contributed by atoms with Crippen molar-refractivity contribution in [2.45, 2.75) is 19.4 Å². The molecule has 1 amide bonds. The van der Waals surface area contributed by atoms with Crippen LogP contribution in [0.2, 0.25) is 0 Å². The number of fused-ring (bicyclic) bond motifs is 1. The van der Waals surface area contributed by atoms with Crippen LogP contribution in [-0.2, 0) is 16.0 Å². The van der Waals surface area contributed by atoms with Crippen LogP contribution in [0.4, 0.5) is 15.8 Å². The number of anilines is 2.